The number of piperidine rings is 2. The first kappa shape index (κ1) is 29.7. The van der Waals surface area contributed by atoms with E-state index in [1.807, 2.05) is 38.1 Å². The van der Waals surface area contributed by atoms with Gasteiger partial charge in [-0.3, -0.25) is 14.5 Å². The molecule has 1 N–H and O–H groups in total. The second-order valence-electron chi connectivity index (χ2n) is 11.8. The average molecular weight is 606 g/mol. The van der Waals surface area contributed by atoms with Crippen molar-refractivity contribution in [3.8, 4) is 5.82 Å². The van der Waals surface area contributed by atoms with Crippen molar-refractivity contribution in [3.05, 3.63) is 76.0 Å². The molecule has 13 heteroatoms. The van der Waals surface area contributed by atoms with Gasteiger partial charge in [0.1, 0.15) is 5.39 Å². The summed E-state index contributed by atoms with van der Waals surface area (Å²) in [5, 5.41) is 8.06. The molecule has 2 aliphatic heterocycles. The highest BCUT2D eigenvalue weighted by molar-refractivity contribution is 5.77. The van der Waals surface area contributed by atoms with Crippen LogP contribution in [0.15, 0.2) is 64.8 Å². The summed E-state index contributed by atoms with van der Waals surface area (Å²) in [4.78, 5) is 39.2. The zero-order valence-electron chi connectivity index (χ0n) is 25.0. The largest absolute Gasteiger partial charge is 0.371 e. The number of hydrogen-bond acceptors (Lipinski definition) is 8. The quantitative estimate of drug-likeness (QED) is 0.296. The van der Waals surface area contributed by atoms with Crippen LogP contribution in [-0.4, -0.2) is 72.2 Å². The molecule has 232 valence electrons. The molecule has 2 fully saturated rings. The molecule has 11 nitrogen and oxygen atoms in total. The van der Waals surface area contributed by atoms with E-state index >= 15 is 0 Å². The predicted molar refractivity (Wildman–Crippen MR) is 166 cm³/mol. The van der Waals surface area contributed by atoms with Gasteiger partial charge in [0.2, 0.25) is 5.95 Å². The summed E-state index contributed by atoms with van der Waals surface area (Å²) in [7, 11) is 0. The van der Waals surface area contributed by atoms with E-state index in [-0.39, 0.29) is 36.5 Å². The number of allylic oxidation sites excluding steroid dienone is 1. The molecular formula is C31H37F2N9O2. The van der Waals surface area contributed by atoms with Crippen LogP contribution < -0.4 is 21.3 Å². The number of rotatable bonds is 8. The highest BCUT2D eigenvalue weighted by Gasteiger charge is 2.37. The number of nitrogens with one attached hydrogen (secondary N) is 1. The zero-order valence-corrected chi connectivity index (χ0v) is 25.0. The molecule has 2 aliphatic rings. The van der Waals surface area contributed by atoms with Gasteiger partial charge in [-0.05, 0) is 57.0 Å². The Kier molecular flexibility index (Phi) is 8.06. The second kappa shape index (κ2) is 11.9. The van der Waals surface area contributed by atoms with Crippen LogP contribution in [0.5, 0.6) is 0 Å². The molecule has 0 atom stereocenters. The van der Waals surface area contributed by atoms with E-state index in [4.69, 9.17) is 0 Å². The van der Waals surface area contributed by atoms with Crippen LogP contribution in [0.4, 0.5) is 26.1 Å². The molecule has 0 bridgehead atoms. The van der Waals surface area contributed by atoms with Gasteiger partial charge in [0.15, 0.2) is 11.5 Å². The molecule has 0 aliphatic carbocycles. The van der Waals surface area contributed by atoms with E-state index in [0.717, 1.165) is 37.3 Å². The van der Waals surface area contributed by atoms with E-state index in [9.17, 15) is 18.4 Å². The molecule has 0 unspecified atom stereocenters. The molecule has 6 rings (SSSR count). The number of aromatic nitrogens is 6. The third-order valence-electron chi connectivity index (χ3n) is 8.49. The van der Waals surface area contributed by atoms with Crippen LogP contribution in [-0.2, 0) is 6.54 Å². The normalized spacial score (nSPS) is 17.8. The molecule has 1 aromatic carbocycles. The molecule has 0 amide bonds. The van der Waals surface area contributed by atoms with Crippen molar-refractivity contribution >= 4 is 28.4 Å². The van der Waals surface area contributed by atoms with Gasteiger partial charge in [-0.1, -0.05) is 6.08 Å². The Morgan fingerprint density at radius 1 is 1.05 bits per heavy atom. The number of anilines is 3. The number of nitrogens with zero attached hydrogens (tertiary/aromatic N) is 8. The van der Waals surface area contributed by atoms with Crippen LogP contribution in [0, 0.1) is 0 Å². The fourth-order valence-electron chi connectivity index (χ4n) is 6.10. The lowest BCUT2D eigenvalue weighted by atomic mass is 9.98. The monoisotopic (exact) mass is 605 g/mol. The van der Waals surface area contributed by atoms with Gasteiger partial charge in [0.25, 0.3) is 17.0 Å². The van der Waals surface area contributed by atoms with Crippen molar-refractivity contribution in [3.63, 3.8) is 0 Å². The Hall–Kier alpha value is -4.39. The Labute approximate surface area is 253 Å². The van der Waals surface area contributed by atoms with Gasteiger partial charge in [0.05, 0.1) is 12.6 Å². The molecule has 0 spiro atoms. The number of likely N-dealkylation sites (tertiary alicyclic amines) is 1. The number of alkyl halides is 2. The van der Waals surface area contributed by atoms with Crippen LogP contribution in [0.1, 0.15) is 45.6 Å². The maximum atomic E-state index is 13.6. The van der Waals surface area contributed by atoms with Gasteiger partial charge >= 0.3 is 0 Å². The van der Waals surface area contributed by atoms with Crippen molar-refractivity contribution in [2.24, 2.45) is 0 Å². The van der Waals surface area contributed by atoms with Crippen LogP contribution in [0.2, 0.25) is 0 Å². The van der Waals surface area contributed by atoms with E-state index in [2.05, 4.69) is 36.8 Å². The first-order valence-electron chi connectivity index (χ1n) is 15.1. The Morgan fingerprint density at radius 3 is 2.41 bits per heavy atom. The van der Waals surface area contributed by atoms with Crippen LogP contribution in [0.25, 0.3) is 16.9 Å². The van der Waals surface area contributed by atoms with Gasteiger partial charge in [-0.25, -0.2) is 27.8 Å². The van der Waals surface area contributed by atoms with E-state index < -0.39 is 5.92 Å². The average Bonchev–Trinajstić information content (AvgIpc) is 3.28. The minimum atomic E-state index is -2.51. The van der Waals surface area contributed by atoms with Crippen LogP contribution >= 0.6 is 0 Å². The SMILES string of the molecule is C=CCn1c(=O)c2cnc(Nc3ccc(N4CCC(N5CCC(F)(F)CC5)CC4)cc3)nc2n1-c1ccc(=O)n(C(C)C)n1. The summed E-state index contributed by atoms with van der Waals surface area (Å²) in [5.41, 5.74) is 1.70. The molecule has 0 saturated carbocycles. The first-order valence-corrected chi connectivity index (χ1v) is 15.1. The van der Waals surface area contributed by atoms with Crippen molar-refractivity contribution in [2.75, 3.05) is 36.4 Å². The van der Waals surface area contributed by atoms with Crippen molar-refractivity contribution in [1.82, 2.24) is 34.0 Å². The summed E-state index contributed by atoms with van der Waals surface area (Å²) in [6.45, 7) is 10.4. The molecule has 2 saturated heterocycles. The Balaban J connectivity index is 1.19. The molecular weight excluding hydrogens is 568 g/mol. The third kappa shape index (κ3) is 5.88. The maximum absolute atomic E-state index is 13.6. The summed E-state index contributed by atoms with van der Waals surface area (Å²) < 4.78 is 31.6. The fourth-order valence-corrected chi connectivity index (χ4v) is 6.10. The lowest BCUT2D eigenvalue weighted by Crippen LogP contribution is -2.49. The van der Waals surface area contributed by atoms with E-state index in [1.54, 1.807) is 16.8 Å². The molecule has 4 aromatic rings. The number of halogens is 2. The van der Waals surface area contributed by atoms with E-state index in [0.29, 0.717) is 41.9 Å². The predicted octanol–water partition coefficient (Wildman–Crippen LogP) is 4.35. The van der Waals surface area contributed by atoms with Gasteiger partial charge in [-0.15, -0.1) is 11.7 Å². The lowest BCUT2D eigenvalue weighted by Gasteiger charge is -2.42. The zero-order chi connectivity index (χ0) is 31.0. The third-order valence-corrected chi connectivity index (χ3v) is 8.49. The molecule has 5 heterocycles. The summed E-state index contributed by atoms with van der Waals surface area (Å²) >= 11 is 0. The highest BCUT2D eigenvalue weighted by Crippen LogP contribution is 2.31. The Bertz CT molecular complexity index is 1760. The second-order valence-corrected chi connectivity index (χ2v) is 11.8. The number of hydrogen-bond donors (Lipinski definition) is 1. The van der Waals surface area contributed by atoms with Gasteiger partial charge in [0, 0.05) is 68.7 Å². The number of fused-ring (bicyclic) bond motifs is 1. The minimum Gasteiger partial charge on any atom is -0.371 e. The van der Waals surface area contributed by atoms with Crippen molar-refractivity contribution in [1.29, 1.82) is 0 Å². The Morgan fingerprint density at radius 2 is 1.75 bits per heavy atom. The molecule has 3 aromatic heterocycles. The standard InChI is InChI=1S/C31H37F2N9O2/c1-4-15-40-29(44)25-20-34-30(36-28(25)42(40)26-9-10-27(43)41(37-26)21(2)3)35-22-5-7-23(8-6-22)38-16-11-24(12-17-38)39-18-13-31(32,33)14-19-39/h4-10,20-21,24H,1,11-19H2,2-3H3,(H,34,35,36). The maximum Gasteiger partial charge on any atom is 0.278 e. The fraction of sp³-hybridized carbons (Fsp3) is 0.452. The van der Waals surface area contributed by atoms with Gasteiger partial charge < -0.3 is 10.2 Å². The summed E-state index contributed by atoms with van der Waals surface area (Å²) in [5.74, 6) is -1.83. The number of benzene rings is 1. The molecule has 0 radical (unpaired) electrons. The minimum absolute atomic E-state index is 0.0411. The van der Waals surface area contributed by atoms with Gasteiger partial charge in [-0.2, -0.15) is 4.98 Å². The van der Waals surface area contributed by atoms with Crippen LogP contribution in [0.3, 0.4) is 0 Å². The topological polar surface area (TPSA) is 106 Å². The highest BCUT2D eigenvalue weighted by atomic mass is 19.3. The van der Waals surface area contributed by atoms with E-state index in [1.165, 1.54) is 21.6 Å². The van der Waals surface area contributed by atoms with Crippen molar-refractivity contribution in [2.45, 2.75) is 64.1 Å². The summed E-state index contributed by atoms with van der Waals surface area (Å²) in [6.07, 6.45) is 4.93. The molecule has 44 heavy (non-hydrogen) atoms. The first-order chi connectivity index (χ1) is 21.1. The lowest BCUT2D eigenvalue weighted by molar-refractivity contribution is -0.0646. The smallest absolute Gasteiger partial charge is 0.278 e. The summed E-state index contributed by atoms with van der Waals surface area (Å²) in [6, 6.07) is 11.2. The van der Waals surface area contributed by atoms with Crippen molar-refractivity contribution < 1.29 is 8.78 Å².